The molecule has 0 bridgehead atoms. The van der Waals surface area contributed by atoms with Crippen molar-refractivity contribution < 1.29 is 14.7 Å². The van der Waals surface area contributed by atoms with Gasteiger partial charge in [0.2, 0.25) is 6.41 Å². The van der Waals surface area contributed by atoms with Gasteiger partial charge in [0.25, 0.3) is 0 Å². The van der Waals surface area contributed by atoms with Gasteiger partial charge in [0.05, 0.1) is 0 Å². The predicted molar refractivity (Wildman–Crippen MR) is 48.4 cm³/mol. The van der Waals surface area contributed by atoms with Crippen LogP contribution in [0, 0.1) is 0 Å². The fourth-order valence-corrected chi connectivity index (χ4v) is 0.906. The molecule has 0 saturated heterocycles. The molecule has 0 aliphatic rings. The lowest BCUT2D eigenvalue weighted by atomic mass is 10.3. The topological polar surface area (TPSA) is 69.6 Å². The van der Waals surface area contributed by atoms with Crippen molar-refractivity contribution in [2.45, 2.75) is 12.8 Å². The Kier molecular flexibility index (Phi) is 6.91. The fourth-order valence-electron chi connectivity index (χ4n) is 0.906. The SMILES string of the molecule is CNCCN(C=O)CCCC(=O)O. The van der Waals surface area contributed by atoms with E-state index in [4.69, 9.17) is 5.11 Å². The van der Waals surface area contributed by atoms with Crippen molar-refractivity contribution in [3.63, 3.8) is 0 Å². The van der Waals surface area contributed by atoms with Gasteiger partial charge >= 0.3 is 5.97 Å². The summed E-state index contributed by atoms with van der Waals surface area (Å²) in [4.78, 5) is 22.2. The summed E-state index contributed by atoms with van der Waals surface area (Å²) in [6.07, 6.45) is 1.38. The van der Waals surface area contributed by atoms with Crippen molar-refractivity contribution in [3.8, 4) is 0 Å². The third-order valence-electron chi connectivity index (χ3n) is 1.63. The second-order valence-corrected chi connectivity index (χ2v) is 2.74. The summed E-state index contributed by atoms with van der Waals surface area (Å²) in [6.45, 7) is 1.86. The average Bonchev–Trinajstić information content (AvgIpc) is 2.10. The third-order valence-corrected chi connectivity index (χ3v) is 1.63. The highest BCUT2D eigenvalue weighted by atomic mass is 16.4. The summed E-state index contributed by atoms with van der Waals surface area (Å²) < 4.78 is 0. The molecule has 5 nitrogen and oxygen atoms in total. The number of rotatable bonds is 8. The molecule has 0 heterocycles. The number of carboxylic acids is 1. The van der Waals surface area contributed by atoms with Crippen molar-refractivity contribution in [1.29, 1.82) is 0 Å². The lowest BCUT2D eigenvalue weighted by Crippen LogP contribution is -2.30. The lowest BCUT2D eigenvalue weighted by molar-refractivity contribution is -0.137. The molecule has 76 valence electrons. The van der Waals surface area contributed by atoms with E-state index in [0.717, 1.165) is 13.0 Å². The first kappa shape index (κ1) is 11.9. The Labute approximate surface area is 77.7 Å². The number of hydrogen-bond acceptors (Lipinski definition) is 3. The summed E-state index contributed by atoms with van der Waals surface area (Å²) in [5, 5.41) is 11.3. The van der Waals surface area contributed by atoms with Gasteiger partial charge in [-0.25, -0.2) is 0 Å². The average molecular weight is 188 g/mol. The summed E-state index contributed by atoms with van der Waals surface area (Å²) in [5.74, 6) is -0.820. The van der Waals surface area contributed by atoms with Crippen LogP contribution < -0.4 is 5.32 Å². The zero-order valence-electron chi connectivity index (χ0n) is 7.82. The highest BCUT2D eigenvalue weighted by Crippen LogP contribution is 1.92. The van der Waals surface area contributed by atoms with Crippen LogP contribution in [0.1, 0.15) is 12.8 Å². The van der Waals surface area contributed by atoms with E-state index in [9.17, 15) is 9.59 Å². The molecule has 5 heteroatoms. The Morgan fingerprint density at radius 1 is 1.54 bits per heavy atom. The molecule has 0 aromatic carbocycles. The first-order valence-corrected chi connectivity index (χ1v) is 4.26. The minimum absolute atomic E-state index is 0.115. The zero-order chi connectivity index (χ0) is 10.1. The quantitative estimate of drug-likeness (QED) is 0.505. The summed E-state index contributed by atoms with van der Waals surface area (Å²) >= 11 is 0. The van der Waals surface area contributed by atoms with E-state index in [1.807, 2.05) is 0 Å². The van der Waals surface area contributed by atoms with Gasteiger partial charge in [-0.05, 0) is 13.5 Å². The maximum absolute atomic E-state index is 10.4. The molecule has 0 unspecified atom stereocenters. The predicted octanol–water partition coefficient (Wildman–Crippen LogP) is -0.471. The number of hydrogen-bond donors (Lipinski definition) is 2. The number of carbonyl (C=O) groups is 2. The van der Waals surface area contributed by atoms with Crippen molar-refractivity contribution in [2.75, 3.05) is 26.7 Å². The Balaban J connectivity index is 3.47. The number of carbonyl (C=O) groups excluding carboxylic acids is 1. The zero-order valence-corrected chi connectivity index (χ0v) is 7.82. The molecular formula is C8H16N2O3. The molecule has 0 aliphatic heterocycles. The van der Waals surface area contributed by atoms with Gasteiger partial charge < -0.3 is 15.3 Å². The Morgan fingerprint density at radius 3 is 2.69 bits per heavy atom. The van der Waals surface area contributed by atoms with Gasteiger partial charge in [0.1, 0.15) is 0 Å². The number of likely N-dealkylation sites (N-methyl/N-ethyl adjacent to an activating group) is 1. The molecule has 1 amide bonds. The highest BCUT2D eigenvalue weighted by molar-refractivity contribution is 5.66. The van der Waals surface area contributed by atoms with Crippen molar-refractivity contribution in [3.05, 3.63) is 0 Å². The van der Waals surface area contributed by atoms with Gasteiger partial charge in [0.15, 0.2) is 0 Å². The van der Waals surface area contributed by atoms with Crippen LogP contribution in [0.5, 0.6) is 0 Å². The van der Waals surface area contributed by atoms with Crippen LogP contribution in [0.4, 0.5) is 0 Å². The lowest BCUT2D eigenvalue weighted by Gasteiger charge is -2.15. The Hall–Kier alpha value is -1.10. The molecule has 0 spiro atoms. The molecule has 0 aromatic rings. The molecule has 13 heavy (non-hydrogen) atoms. The van der Waals surface area contributed by atoms with Crippen molar-refractivity contribution in [1.82, 2.24) is 10.2 Å². The number of amides is 1. The van der Waals surface area contributed by atoms with Crippen LogP contribution in [0.25, 0.3) is 0 Å². The van der Waals surface area contributed by atoms with E-state index in [-0.39, 0.29) is 6.42 Å². The molecule has 0 aromatic heterocycles. The fraction of sp³-hybridized carbons (Fsp3) is 0.750. The van der Waals surface area contributed by atoms with Crippen LogP contribution in [0.15, 0.2) is 0 Å². The van der Waals surface area contributed by atoms with Crippen molar-refractivity contribution in [2.24, 2.45) is 0 Å². The van der Waals surface area contributed by atoms with Gasteiger partial charge in [-0.2, -0.15) is 0 Å². The van der Waals surface area contributed by atoms with Crippen molar-refractivity contribution >= 4 is 12.4 Å². The minimum atomic E-state index is -0.820. The highest BCUT2D eigenvalue weighted by Gasteiger charge is 2.02. The second-order valence-electron chi connectivity index (χ2n) is 2.74. The monoisotopic (exact) mass is 188 g/mol. The van der Waals surface area contributed by atoms with Gasteiger partial charge in [0, 0.05) is 26.1 Å². The number of nitrogens with zero attached hydrogens (tertiary/aromatic N) is 1. The molecule has 0 radical (unpaired) electrons. The molecule has 0 aliphatic carbocycles. The second kappa shape index (κ2) is 7.54. The van der Waals surface area contributed by atoms with Crippen LogP contribution in [0.3, 0.4) is 0 Å². The van der Waals surface area contributed by atoms with Gasteiger partial charge in [-0.15, -0.1) is 0 Å². The number of carboxylic acid groups (broad SMARTS) is 1. The van der Waals surface area contributed by atoms with Gasteiger partial charge in [-0.3, -0.25) is 9.59 Å². The molecule has 0 saturated carbocycles. The number of nitrogens with one attached hydrogen (secondary N) is 1. The third kappa shape index (κ3) is 7.27. The Bertz CT molecular complexity index is 161. The summed E-state index contributed by atoms with van der Waals surface area (Å²) in [7, 11) is 1.81. The van der Waals surface area contributed by atoms with E-state index in [2.05, 4.69) is 5.32 Å². The van der Waals surface area contributed by atoms with E-state index in [0.29, 0.717) is 19.5 Å². The maximum atomic E-state index is 10.4. The van der Waals surface area contributed by atoms with E-state index in [1.54, 1.807) is 11.9 Å². The van der Waals surface area contributed by atoms with Crippen LogP contribution in [-0.4, -0.2) is 49.1 Å². The summed E-state index contributed by atoms with van der Waals surface area (Å²) in [5.41, 5.74) is 0. The van der Waals surface area contributed by atoms with E-state index in [1.165, 1.54) is 0 Å². The largest absolute Gasteiger partial charge is 0.481 e. The van der Waals surface area contributed by atoms with Gasteiger partial charge in [-0.1, -0.05) is 0 Å². The van der Waals surface area contributed by atoms with Crippen LogP contribution in [-0.2, 0) is 9.59 Å². The first-order valence-electron chi connectivity index (χ1n) is 4.26. The maximum Gasteiger partial charge on any atom is 0.303 e. The smallest absolute Gasteiger partial charge is 0.303 e. The molecule has 0 fully saturated rings. The minimum Gasteiger partial charge on any atom is -0.481 e. The standard InChI is InChI=1S/C8H16N2O3/c1-9-4-6-10(7-11)5-2-3-8(12)13/h7,9H,2-6H2,1H3,(H,12,13). The Morgan fingerprint density at radius 2 is 2.23 bits per heavy atom. The van der Waals surface area contributed by atoms with E-state index >= 15 is 0 Å². The molecule has 2 N–H and O–H groups in total. The normalized spacial score (nSPS) is 9.62. The molecule has 0 rings (SSSR count). The van der Waals surface area contributed by atoms with Crippen LogP contribution >= 0.6 is 0 Å². The van der Waals surface area contributed by atoms with E-state index < -0.39 is 5.97 Å². The number of aliphatic carboxylic acids is 1. The molecular weight excluding hydrogens is 172 g/mol. The summed E-state index contributed by atoms with van der Waals surface area (Å²) in [6, 6.07) is 0. The van der Waals surface area contributed by atoms with Crippen LogP contribution in [0.2, 0.25) is 0 Å². The first-order chi connectivity index (χ1) is 6.20. The molecule has 0 atom stereocenters.